The molecule has 73 heavy (non-hydrogen) atoms. The van der Waals surface area contributed by atoms with Gasteiger partial charge in [0.1, 0.15) is 0 Å². The van der Waals surface area contributed by atoms with Crippen LogP contribution < -0.4 is 9.80 Å². The van der Waals surface area contributed by atoms with Crippen molar-refractivity contribution in [1.29, 1.82) is 0 Å². The van der Waals surface area contributed by atoms with Crippen molar-refractivity contribution in [1.82, 2.24) is 4.57 Å². The van der Waals surface area contributed by atoms with Gasteiger partial charge >= 0.3 is 0 Å². The van der Waals surface area contributed by atoms with Gasteiger partial charge in [0.25, 0.3) is 0 Å². The van der Waals surface area contributed by atoms with Crippen LogP contribution in [0.1, 0.15) is 22.3 Å². The van der Waals surface area contributed by atoms with Crippen LogP contribution in [0.2, 0.25) is 0 Å². The van der Waals surface area contributed by atoms with E-state index in [2.05, 4.69) is 267 Å². The van der Waals surface area contributed by atoms with Crippen molar-refractivity contribution in [2.45, 2.75) is 27.7 Å². The quantitative estimate of drug-likeness (QED) is 0.150. The SMILES string of the molecule is Cc1cc(C)cc(N(c2ccc3cc4c5ccc(N(c6cc(C)cc(C)c6)c6cccc7c6sc6ccccc67)cc5n(-c5ccc(-c6ccccc6)cc5)c4cc3c2)c2cccc3c2sc2ccccc23)c1. The highest BCUT2D eigenvalue weighted by Gasteiger charge is 2.23. The molecule has 0 aliphatic heterocycles. The molecule has 0 unspecified atom stereocenters. The van der Waals surface area contributed by atoms with Crippen molar-refractivity contribution in [2.24, 2.45) is 0 Å². The fraction of sp³-hybridized carbons (Fsp3) is 0.0588. The standard InChI is InChI=1S/C68H49N3S2/c1-42-32-43(2)35-53(34-42)69(61-20-12-18-58-56-16-8-10-22-65(56)72-67(58)61)51-29-26-48-39-60-55-31-30-52(41-64(55)71(63(60)40-49(48)38-51)50-27-24-47(25-28-50)46-14-6-5-7-15-46)70(54-36-44(3)33-45(4)37-54)62-21-13-19-59-57-17-9-11-23-66(57)73-68(59)62/h5-41H,1-4H3. The maximum atomic E-state index is 2.49. The van der Waals surface area contributed by atoms with Crippen molar-refractivity contribution >= 4 is 130 Å². The molecular weight excluding hydrogens is 923 g/mol. The smallest absolute Gasteiger partial charge is 0.0640 e. The van der Waals surface area contributed by atoms with E-state index in [0.717, 1.165) is 34.0 Å². The molecule has 0 saturated carbocycles. The molecular formula is C68H49N3S2. The molecule has 11 aromatic carbocycles. The summed E-state index contributed by atoms with van der Waals surface area (Å²) in [4.78, 5) is 4.96. The first-order valence-electron chi connectivity index (χ1n) is 25.0. The molecule has 0 atom stereocenters. The predicted octanol–water partition coefficient (Wildman–Crippen LogP) is 20.5. The van der Waals surface area contributed by atoms with E-state index in [0.29, 0.717) is 0 Å². The second-order valence-electron chi connectivity index (χ2n) is 19.7. The Kier molecular flexibility index (Phi) is 10.1. The Morgan fingerprint density at radius 3 is 1.40 bits per heavy atom. The van der Waals surface area contributed by atoms with Crippen LogP contribution in [0.3, 0.4) is 0 Å². The Morgan fingerprint density at radius 2 is 0.808 bits per heavy atom. The Morgan fingerprint density at radius 1 is 0.315 bits per heavy atom. The molecule has 0 fully saturated rings. The van der Waals surface area contributed by atoms with Gasteiger partial charge in [-0.3, -0.25) is 0 Å². The minimum Gasteiger partial charge on any atom is -0.309 e. The van der Waals surface area contributed by atoms with Crippen molar-refractivity contribution < 1.29 is 0 Å². The highest BCUT2D eigenvalue weighted by Crippen LogP contribution is 2.49. The molecule has 0 radical (unpaired) electrons. The number of aromatic nitrogens is 1. The number of hydrogen-bond acceptors (Lipinski definition) is 4. The summed E-state index contributed by atoms with van der Waals surface area (Å²) in [7, 11) is 0. The van der Waals surface area contributed by atoms with Crippen LogP contribution in [0.25, 0.3) is 89.7 Å². The van der Waals surface area contributed by atoms with Crippen LogP contribution >= 0.6 is 22.7 Å². The minimum absolute atomic E-state index is 1.11. The van der Waals surface area contributed by atoms with E-state index < -0.39 is 0 Å². The average Bonchev–Trinajstić information content (AvgIpc) is 4.08. The first-order chi connectivity index (χ1) is 35.8. The van der Waals surface area contributed by atoms with Gasteiger partial charge in [0.05, 0.1) is 31.8 Å². The third-order valence-electron chi connectivity index (χ3n) is 14.6. The molecule has 0 spiro atoms. The first kappa shape index (κ1) is 43.3. The molecule has 3 aromatic heterocycles. The molecule has 0 bridgehead atoms. The van der Waals surface area contributed by atoms with Gasteiger partial charge in [-0.15, -0.1) is 22.7 Å². The number of aryl methyl sites for hydroxylation is 4. The number of thiophene rings is 2. The lowest BCUT2D eigenvalue weighted by Gasteiger charge is -2.27. The van der Waals surface area contributed by atoms with E-state index in [1.807, 2.05) is 22.7 Å². The molecule has 0 aliphatic rings. The lowest BCUT2D eigenvalue weighted by Crippen LogP contribution is -2.11. The van der Waals surface area contributed by atoms with E-state index in [4.69, 9.17) is 0 Å². The van der Waals surface area contributed by atoms with Crippen LogP contribution in [0.4, 0.5) is 34.1 Å². The highest BCUT2D eigenvalue weighted by atomic mass is 32.1. The molecule has 14 rings (SSSR count). The maximum Gasteiger partial charge on any atom is 0.0640 e. The number of rotatable bonds is 8. The van der Waals surface area contributed by atoms with Gasteiger partial charge in [-0.05, 0) is 169 Å². The third-order valence-corrected chi connectivity index (χ3v) is 17.0. The van der Waals surface area contributed by atoms with Crippen molar-refractivity contribution in [3.05, 3.63) is 247 Å². The summed E-state index contributed by atoms with van der Waals surface area (Å²) in [6.45, 7) is 8.81. The summed E-state index contributed by atoms with van der Waals surface area (Å²) in [6, 6.07) is 83.8. The topological polar surface area (TPSA) is 11.4 Å². The zero-order valence-corrected chi connectivity index (χ0v) is 42.7. The summed E-state index contributed by atoms with van der Waals surface area (Å²) >= 11 is 3.75. The summed E-state index contributed by atoms with van der Waals surface area (Å²) < 4.78 is 7.65. The lowest BCUT2D eigenvalue weighted by atomic mass is 10.0. The third kappa shape index (κ3) is 7.30. The zero-order valence-electron chi connectivity index (χ0n) is 41.0. The van der Waals surface area contributed by atoms with Crippen molar-refractivity contribution in [3.63, 3.8) is 0 Å². The van der Waals surface area contributed by atoms with Crippen LogP contribution in [-0.4, -0.2) is 4.57 Å². The second-order valence-corrected chi connectivity index (χ2v) is 21.8. The second kappa shape index (κ2) is 17.1. The van der Waals surface area contributed by atoms with E-state index in [1.54, 1.807) is 0 Å². The van der Waals surface area contributed by atoms with Crippen molar-refractivity contribution in [2.75, 3.05) is 9.80 Å². The molecule has 348 valence electrons. The fourth-order valence-corrected chi connectivity index (χ4v) is 14.0. The molecule has 14 aromatic rings. The Balaban J connectivity index is 1.01. The highest BCUT2D eigenvalue weighted by molar-refractivity contribution is 7.26. The molecule has 0 aliphatic carbocycles. The number of benzene rings is 11. The van der Waals surface area contributed by atoms with Crippen LogP contribution in [0.15, 0.2) is 224 Å². The molecule has 0 saturated heterocycles. The van der Waals surface area contributed by atoms with Crippen LogP contribution in [-0.2, 0) is 0 Å². The summed E-state index contributed by atoms with van der Waals surface area (Å²) in [6.07, 6.45) is 0. The van der Waals surface area contributed by atoms with Gasteiger partial charge < -0.3 is 14.4 Å². The van der Waals surface area contributed by atoms with E-state index >= 15 is 0 Å². The van der Waals surface area contributed by atoms with Gasteiger partial charge in [-0.2, -0.15) is 0 Å². The van der Waals surface area contributed by atoms with E-state index in [9.17, 15) is 0 Å². The largest absolute Gasteiger partial charge is 0.309 e. The Labute approximate surface area is 432 Å². The number of nitrogens with zero attached hydrogens (tertiary/aromatic N) is 3. The number of hydrogen-bond donors (Lipinski definition) is 0. The normalized spacial score (nSPS) is 11.8. The van der Waals surface area contributed by atoms with Gasteiger partial charge in [-0.25, -0.2) is 0 Å². The molecule has 3 nitrogen and oxygen atoms in total. The summed E-state index contributed by atoms with van der Waals surface area (Å²) in [5.74, 6) is 0. The average molecular weight is 972 g/mol. The Hall–Kier alpha value is -8.48. The van der Waals surface area contributed by atoms with E-state index in [1.165, 1.54) is 112 Å². The minimum atomic E-state index is 1.11. The first-order valence-corrected chi connectivity index (χ1v) is 26.7. The summed E-state index contributed by atoms with van der Waals surface area (Å²) in [5.41, 5.74) is 17.7. The maximum absolute atomic E-state index is 2.49. The number of fused-ring (bicyclic) bond motifs is 10. The monoisotopic (exact) mass is 971 g/mol. The van der Waals surface area contributed by atoms with E-state index in [-0.39, 0.29) is 0 Å². The van der Waals surface area contributed by atoms with Gasteiger partial charge in [0.15, 0.2) is 0 Å². The number of anilines is 6. The molecule has 0 amide bonds. The van der Waals surface area contributed by atoms with Crippen LogP contribution in [0.5, 0.6) is 0 Å². The summed E-state index contributed by atoms with van der Waals surface area (Å²) in [5, 5.41) is 9.98. The fourth-order valence-electron chi connectivity index (χ4n) is 11.6. The predicted molar refractivity (Wildman–Crippen MR) is 318 cm³/mol. The molecule has 3 heterocycles. The van der Waals surface area contributed by atoms with Gasteiger partial charge in [0, 0.05) is 70.2 Å². The zero-order chi connectivity index (χ0) is 48.9. The Bertz CT molecular complexity index is 4460. The van der Waals surface area contributed by atoms with Gasteiger partial charge in [0.2, 0.25) is 0 Å². The van der Waals surface area contributed by atoms with Gasteiger partial charge in [-0.1, -0.05) is 127 Å². The molecule has 0 N–H and O–H groups in total. The molecule has 5 heteroatoms. The lowest BCUT2D eigenvalue weighted by molar-refractivity contribution is 1.18. The van der Waals surface area contributed by atoms with Crippen LogP contribution in [0, 0.1) is 27.7 Å². The van der Waals surface area contributed by atoms with Crippen molar-refractivity contribution in [3.8, 4) is 16.8 Å².